The van der Waals surface area contributed by atoms with Crippen LogP contribution >= 0.6 is 0 Å². The molecule has 0 spiro atoms. The van der Waals surface area contributed by atoms with Gasteiger partial charge in [0.05, 0.1) is 37.0 Å². The molecule has 9 heteroatoms. The number of pyridine rings is 1. The zero-order valence-electron chi connectivity index (χ0n) is 15.7. The summed E-state index contributed by atoms with van der Waals surface area (Å²) < 4.78 is 5.42. The number of morpholine rings is 1. The van der Waals surface area contributed by atoms with Crippen LogP contribution in [0, 0.1) is 11.8 Å². The third-order valence-corrected chi connectivity index (χ3v) is 5.21. The fourth-order valence-electron chi connectivity index (χ4n) is 3.79. The number of hydrogen-bond acceptors (Lipinski definition) is 7. The van der Waals surface area contributed by atoms with Gasteiger partial charge >= 0.3 is 11.9 Å². The highest BCUT2D eigenvalue weighted by Gasteiger charge is 2.36. The summed E-state index contributed by atoms with van der Waals surface area (Å²) in [5.41, 5.74) is 2.52. The van der Waals surface area contributed by atoms with Gasteiger partial charge in [-0.3, -0.25) is 4.98 Å². The van der Waals surface area contributed by atoms with E-state index in [0.717, 1.165) is 38.1 Å². The van der Waals surface area contributed by atoms with Crippen LogP contribution in [0.2, 0.25) is 0 Å². The van der Waals surface area contributed by atoms with Gasteiger partial charge in [-0.15, -0.1) is 0 Å². The molecule has 152 valence electrons. The third kappa shape index (κ3) is 5.43. The zero-order chi connectivity index (χ0) is 19.9. The van der Waals surface area contributed by atoms with E-state index in [9.17, 15) is 9.59 Å². The fourth-order valence-corrected chi connectivity index (χ4v) is 3.79. The second-order valence-electron chi connectivity index (χ2n) is 7.09. The van der Waals surface area contributed by atoms with Crippen molar-refractivity contribution in [2.24, 2.45) is 11.8 Å². The minimum atomic E-state index is -1.26. The van der Waals surface area contributed by atoms with Crippen LogP contribution in [-0.4, -0.2) is 79.6 Å². The van der Waals surface area contributed by atoms with Crippen LogP contribution < -0.4 is 15.1 Å². The van der Waals surface area contributed by atoms with Gasteiger partial charge in [0.25, 0.3) is 0 Å². The zero-order valence-corrected chi connectivity index (χ0v) is 15.7. The second-order valence-corrected chi connectivity index (χ2v) is 7.09. The lowest BCUT2D eigenvalue weighted by molar-refractivity contribution is -0.134. The predicted molar refractivity (Wildman–Crippen MR) is 104 cm³/mol. The van der Waals surface area contributed by atoms with E-state index in [2.05, 4.69) is 26.2 Å². The van der Waals surface area contributed by atoms with E-state index in [0.29, 0.717) is 12.2 Å². The molecule has 3 N–H and O–H groups in total. The Balaban J connectivity index is 0.000000242. The average molecular weight is 390 g/mol. The summed E-state index contributed by atoms with van der Waals surface area (Å²) in [5.74, 6) is -0.871. The minimum Gasteiger partial charge on any atom is -0.478 e. The second kappa shape index (κ2) is 9.52. The number of nitrogens with zero attached hydrogens (tertiary/aromatic N) is 3. The summed E-state index contributed by atoms with van der Waals surface area (Å²) in [6.45, 7) is 8.29. The maximum absolute atomic E-state index is 9.55. The monoisotopic (exact) mass is 390 g/mol. The summed E-state index contributed by atoms with van der Waals surface area (Å²) in [6, 6.07) is 2.30. The highest BCUT2D eigenvalue weighted by molar-refractivity contribution is 5.89. The van der Waals surface area contributed by atoms with Gasteiger partial charge in [-0.25, -0.2) is 9.59 Å². The number of ether oxygens (including phenoxy) is 1. The Morgan fingerprint density at radius 2 is 1.54 bits per heavy atom. The lowest BCUT2D eigenvalue weighted by Gasteiger charge is -2.29. The van der Waals surface area contributed by atoms with Gasteiger partial charge in [0.1, 0.15) is 0 Å². The van der Waals surface area contributed by atoms with Gasteiger partial charge in [-0.1, -0.05) is 0 Å². The van der Waals surface area contributed by atoms with Crippen molar-refractivity contribution in [3.05, 3.63) is 30.6 Å². The van der Waals surface area contributed by atoms with Crippen molar-refractivity contribution in [2.75, 3.05) is 62.3 Å². The molecule has 3 saturated heterocycles. The minimum absolute atomic E-state index is 0.558. The van der Waals surface area contributed by atoms with Crippen LogP contribution in [0.1, 0.15) is 0 Å². The summed E-state index contributed by atoms with van der Waals surface area (Å²) in [6.07, 6.45) is 5.11. The van der Waals surface area contributed by atoms with E-state index in [1.807, 2.05) is 12.4 Å². The first-order valence-corrected chi connectivity index (χ1v) is 9.40. The van der Waals surface area contributed by atoms with E-state index < -0.39 is 11.9 Å². The molecule has 0 amide bonds. The molecule has 0 radical (unpaired) electrons. The van der Waals surface area contributed by atoms with Gasteiger partial charge in [0, 0.05) is 51.4 Å². The first-order chi connectivity index (χ1) is 13.5. The van der Waals surface area contributed by atoms with E-state index >= 15 is 0 Å². The molecule has 0 aliphatic carbocycles. The Hall–Kier alpha value is -2.65. The fraction of sp³-hybridized carbons (Fsp3) is 0.526. The molecule has 0 saturated carbocycles. The Bertz CT molecular complexity index is 692. The molecule has 3 fully saturated rings. The van der Waals surface area contributed by atoms with Gasteiger partial charge in [-0.05, 0) is 17.9 Å². The number of carboxylic acid groups (broad SMARTS) is 2. The van der Waals surface area contributed by atoms with Crippen LogP contribution in [0.4, 0.5) is 11.4 Å². The molecule has 28 heavy (non-hydrogen) atoms. The highest BCUT2D eigenvalue weighted by Crippen LogP contribution is 2.31. The number of fused-ring (bicyclic) bond motifs is 1. The number of aliphatic carboxylic acids is 2. The molecule has 0 aromatic carbocycles. The van der Waals surface area contributed by atoms with Crippen LogP contribution in [-0.2, 0) is 14.3 Å². The number of carbonyl (C=O) groups is 2. The number of carboxylic acids is 2. The molecule has 3 aliphatic rings. The van der Waals surface area contributed by atoms with E-state index in [4.69, 9.17) is 14.9 Å². The number of aromatic nitrogens is 1. The largest absolute Gasteiger partial charge is 0.478 e. The maximum atomic E-state index is 9.55. The number of rotatable bonds is 4. The Kier molecular flexibility index (Phi) is 6.83. The van der Waals surface area contributed by atoms with Crippen molar-refractivity contribution in [1.29, 1.82) is 0 Å². The average Bonchev–Trinajstić information content (AvgIpc) is 3.30. The molecule has 0 bridgehead atoms. The molecule has 4 heterocycles. The number of anilines is 2. The molecule has 9 nitrogen and oxygen atoms in total. The number of nitrogens with one attached hydrogen (secondary N) is 1. The first-order valence-electron chi connectivity index (χ1n) is 9.40. The van der Waals surface area contributed by atoms with Crippen molar-refractivity contribution in [1.82, 2.24) is 10.3 Å². The first kappa shape index (κ1) is 20.1. The lowest BCUT2D eigenvalue weighted by atomic mass is 10.0. The Morgan fingerprint density at radius 3 is 2.07 bits per heavy atom. The van der Waals surface area contributed by atoms with E-state index in [-0.39, 0.29) is 0 Å². The molecular weight excluding hydrogens is 364 g/mol. The van der Waals surface area contributed by atoms with Crippen molar-refractivity contribution in [3.63, 3.8) is 0 Å². The quantitative estimate of drug-likeness (QED) is 0.624. The highest BCUT2D eigenvalue weighted by atomic mass is 16.5. The molecule has 1 aromatic heterocycles. The standard InChI is InChI=1S/C15H22N4O.C4H4O4/c1-3-20-4-2-18(1)14-5-15(9-17-8-14)19-10-12-6-16-7-13(12)11-19;5-3(6)1-2-4(7)8/h5,8-9,12-13,16H,1-4,6-7,10-11H2;1-2H,(H,5,6)(H,7,8). The van der Waals surface area contributed by atoms with Crippen molar-refractivity contribution >= 4 is 23.3 Å². The summed E-state index contributed by atoms with van der Waals surface area (Å²) >= 11 is 0. The topological polar surface area (TPSA) is 115 Å². The van der Waals surface area contributed by atoms with Crippen LogP contribution in [0.15, 0.2) is 30.6 Å². The Morgan fingerprint density at radius 1 is 1.00 bits per heavy atom. The molecule has 3 aliphatic heterocycles. The maximum Gasteiger partial charge on any atom is 0.328 e. The summed E-state index contributed by atoms with van der Waals surface area (Å²) in [4.78, 5) is 28.4. The van der Waals surface area contributed by atoms with E-state index in [1.54, 1.807) is 0 Å². The molecule has 1 aromatic rings. The SMILES string of the molecule is O=C(O)C=CC(=O)O.c1ncc(N2CC3CNCC3C2)cc1N1CCOCC1. The predicted octanol–water partition coefficient (Wildman–Crippen LogP) is 0.286. The normalized spacial score (nSPS) is 24.0. The van der Waals surface area contributed by atoms with Crippen LogP contribution in [0.25, 0.3) is 0 Å². The van der Waals surface area contributed by atoms with Crippen LogP contribution in [0.3, 0.4) is 0 Å². The van der Waals surface area contributed by atoms with Gasteiger partial charge in [-0.2, -0.15) is 0 Å². The van der Waals surface area contributed by atoms with Gasteiger partial charge in [0.15, 0.2) is 0 Å². The van der Waals surface area contributed by atoms with Crippen LogP contribution in [0.5, 0.6) is 0 Å². The summed E-state index contributed by atoms with van der Waals surface area (Å²) in [7, 11) is 0. The molecule has 4 rings (SSSR count). The Labute approximate surface area is 163 Å². The smallest absolute Gasteiger partial charge is 0.328 e. The lowest BCUT2D eigenvalue weighted by Crippen LogP contribution is -2.36. The van der Waals surface area contributed by atoms with Gasteiger partial charge in [0.2, 0.25) is 0 Å². The van der Waals surface area contributed by atoms with Crippen molar-refractivity contribution in [2.45, 2.75) is 0 Å². The molecular formula is C19H26N4O5. The van der Waals surface area contributed by atoms with Crippen molar-refractivity contribution < 1.29 is 24.5 Å². The van der Waals surface area contributed by atoms with Gasteiger partial charge < -0.3 is 30.1 Å². The van der Waals surface area contributed by atoms with E-state index in [1.165, 1.54) is 37.6 Å². The third-order valence-electron chi connectivity index (χ3n) is 5.21. The summed E-state index contributed by atoms with van der Waals surface area (Å²) in [5, 5.41) is 19.1. The molecule has 2 unspecified atom stereocenters. The van der Waals surface area contributed by atoms with Crippen molar-refractivity contribution in [3.8, 4) is 0 Å². The number of hydrogen-bond donors (Lipinski definition) is 3. The molecule has 2 atom stereocenters.